The van der Waals surface area contributed by atoms with Gasteiger partial charge in [-0.25, -0.2) is 9.89 Å². The van der Waals surface area contributed by atoms with Crippen LogP contribution in [0.15, 0.2) is 16.0 Å². The minimum Gasteiger partial charge on any atom is -0.376 e. The lowest BCUT2D eigenvalue weighted by molar-refractivity contribution is 0.0957. The fourth-order valence-electron chi connectivity index (χ4n) is 3.40. The summed E-state index contributed by atoms with van der Waals surface area (Å²) in [5.41, 5.74) is 2.58. The van der Waals surface area contributed by atoms with Gasteiger partial charge in [0, 0.05) is 36.6 Å². The molecule has 8 heteroatoms. The number of nitrogens with zero attached hydrogens (tertiary/aromatic N) is 3. The van der Waals surface area contributed by atoms with Gasteiger partial charge in [-0.15, -0.1) is 5.10 Å². The molecule has 1 atom stereocenters. The van der Waals surface area contributed by atoms with Crippen LogP contribution < -0.4 is 5.69 Å². The van der Waals surface area contributed by atoms with Gasteiger partial charge in [0.25, 0.3) is 0 Å². The van der Waals surface area contributed by atoms with Gasteiger partial charge in [0.05, 0.1) is 11.9 Å². The molecule has 0 saturated carbocycles. The Bertz CT molecular complexity index is 830. The Labute approximate surface area is 157 Å². The van der Waals surface area contributed by atoms with E-state index in [0.29, 0.717) is 11.7 Å². The number of aromatic nitrogens is 4. The first-order chi connectivity index (χ1) is 12.5. The Morgan fingerprint density at radius 2 is 2.23 bits per heavy atom. The number of H-pyrrole nitrogens is 1. The van der Waals surface area contributed by atoms with Gasteiger partial charge in [0.1, 0.15) is 0 Å². The lowest BCUT2D eigenvalue weighted by atomic mass is 10.2. The first-order valence-corrected chi connectivity index (χ1v) is 10.1. The molecule has 0 spiro atoms. The molecule has 1 aliphatic rings. The van der Waals surface area contributed by atoms with E-state index in [1.54, 1.807) is 4.57 Å². The van der Waals surface area contributed by atoms with Crippen LogP contribution in [0.25, 0.3) is 0 Å². The summed E-state index contributed by atoms with van der Waals surface area (Å²) in [7, 11) is 0. The quantitative estimate of drug-likeness (QED) is 0.564. The van der Waals surface area contributed by atoms with Gasteiger partial charge < -0.3 is 9.30 Å². The lowest BCUT2D eigenvalue weighted by Crippen LogP contribution is -2.18. The zero-order valence-electron chi connectivity index (χ0n) is 15.6. The van der Waals surface area contributed by atoms with Crippen LogP contribution in [0.5, 0.6) is 0 Å². The number of rotatable bonds is 8. The topological polar surface area (TPSA) is 81.9 Å². The maximum Gasteiger partial charge on any atom is 0.343 e. The number of thioether (sulfide) groups is 1. The van der Waals surface area contributed by atoms with Gasteiger partial charge in [-0.1, -0.05) is 18.7 Å². The Balaban J connectivity index is 1.69. The van der Waals surface area contributed by atoms with E-state index < -0.39 is 0 Å². The van der Waals surface area contributed by atoms with E-state index in [0.717, 1.165) is 49.4 Å². The molecule has 1 saturated heterocycles. The van der Waals surface area contributed by atoms with Crippen molar-refractivity contribution < 1.29 is 9.53 Å². The maximum atomic E-state index is 12.7. The van der Waals surface area contributed by atoms with E-state index in [-0.39, 0.29) is 23.3 Å². The molecule has 0 aromatic carbocycles. The van der Waals surface area contributed by atoms with Gasteiger partial charge in [-0.3, -0.25) is 9.36 Å². The summed E-state index contributed by atoms with van der Waals surface area (Å²) < 4.78 is 9.48. The van der Waals surface area contributed by atoms with E-state index >= 15 is 0 Å². The van der Waals surface area contributed by atoms with Crippen LogP contribution in [0.4, 0.5) is 0 Å². The summed E-state index contributed by atoms with van der Waals surface area (Å²) in [6, 6.07) is 1.96. The number of nitrogens with one attached hydrogen (secondary N) is 1. The summed E-state index contributed by atoms with van der Waals surface area (Å²) in [4.78, 5) is 24.5. The number of carbonyl (C=O) groups excluding carboxylic acids is 1. The van der Waals surface area contributed by atoms with Crippen molar-refractivity contribution in [2.24, 2.45) is 0 Å². The molecule has 1 aliphatic heterocycles. The van der Waals surface area contributed by atoms with Crippen molar-refractivity contribution in [3.05, 3.63) is 33.5 Å². The highest BCUT2D eigenvalue weighted by Crippen LogP contribution is 2.23. The second-order valence-electron chi connectivity index (χ2n) is 6.71. The third-order valence-corrected chi connectivity index (χ3v) is 5.76. The Morgan fingerprint density at radius 3 is 2.92 bits per heavy atom. The molecule has 2 aromatic rings. The van der Waals surface area contributed by atoms with Gasteiger partial charge in [-0.05, 0) is 39.2 Å². The third-order valence-electron chi connectivity index (χ3n) is 4.79. The number of carbonyl (C=O) groups is 1. The molecule has 2 aromatic heterocycles. The standard InChI is InChI=1S/C18H26N4O3S/c1-4-7-21-17(24)19-20-18(21)26-11-16(23)15-9-12(2)22(13(15)3)10-14-6-5-8-25-14/h9,14H,4-8,10-11H2,1-3H3,(H,19,24)/t14-/m0/s1. The minimum atomic E-state index is -0.225. The molecule has 0 amide bonds. The van der Waals surface area contributed by atoms with Crippen LogP contribution in [0.2, 0.25) is 0 Å². The largest absolute Gasteiger partial charge is 0.376 e. The summed E-state index contributed by atoms with van der Waals surface area (Å²) in [6.07, 6.45) is 3.26. The molecular formula is C18H26N4O3S. The zero-order chi connectivity index (χ0) is 18.7. The highest BCUT2D eigenvalue weighted by atomic mass is 32.2. The van der Waals surface area contributed by atoms with E-state index in [1.165, 1.54) is 11.8 Å². The Hall–Kier alpha value is -1.80. The number of aromatic amines is 1. The van der Waals surface area contributed by atoms with Crippen LogP contribution in [-0.4, -0.2) is 43.6 Å². The normalized spacial score (nSPS) is 17.1. The number of ketones is 1. The minimum absolute atomic E-state index is 0.0557. The molecular weight excluding hydrogens is 352 g/mol. The fraction of sp³-hybridized carbons (Fsp3) is 0.611. The first-order valence-electron chi connectivity index (χ1n) is 9.10. The zero-order valence-corrected chi connectivity index (χ0v) is 16.4. The highest BCUT2D eigenvalue weighted by molar-refractivity contribution is 7.99. The van der Waals surface area contributed by atoms with Crippen LogP contribution in [0.1, 0.15) is 47.9 Å². The van der Waals surface area contributed by atoms with E-state index in [4.69, 9.17) is 4.74 Å². The molecule has 0 radical (unpaired) electrons. The van der Waals surface area contributed by atoms with Gasteiger partial charge in [0.15, 0.2) is 10.9 Å². The van der Waals surface area contributed by atoms with E-state index in [9.17, 15) is 9.59 Å². The van der Waals surface area contributed by atoms with Gasteiger partial charge >= 0.3 is 5.69 Å². The lowest BCUT2D eigenvalue weighted by Gasteiger charge is -2.14. The molecule has 0 aliphatic carbocycles. The molecule has 1 fully saturated rings. The van der Waals surface area contributed by atoms with Crippen LogP contribution in [-0.2, 0) is 17.8 Å². The second-order valence-corrected chi connectivity index (χ2v) is 7.65. The van der Waals surface area contributed by atoms with Gasteiger partial charge in [-0.2, -0.15) is 0 Å². The SMILES string of the molecule is CCCn1c(SCC(=O)c2cc(C)n(C[C@@H]3CCCO3)c2C)n[nH]c1=O. The summed E-state index contributed by atoms with van der Waals surface area (Å²) >= 11 is 1.30. The monoisotopic (exact) mass is 378 g/mol. The summed E-state index contributed by atoms with van der Waals surface area (Å²) in [6.45, 7) is 8.24. The van der Waals surface area contributed by atoms with E-state index in [1.807, 2.05) is 26.8 Å². The third kappa shape index (κ3) is 3.96. The van der Waals surface area contributed by atoms with Crippen LogP contribution in [0, 0.1) is 13.8 Å². The first kappa shape index (κ1) is 19.0. The van der Waals surface area contributed by atoms with Crippen molar-refractivity contribution in [2.75, 3.05) is 12.4 Å². The number of hydrogen-bond acceptors (Lipinski definition) is 5. The molecule has 3 rings (SSSR count). The van der Waals surface area contributed by atoms with Crippen LogP contribution in [0.3, 0.4) is 0 Å². The molecule has 0 bridgehead atoms. The maximum absolute atomic E-state index is 12.7. The number of Topliss-reactive ketones (excluding diaryl/α,β-unsaturated/α-hetero) is 1. The predicted octanol–water partition coefficient (Wildman–Crippen LogP) is 2.55. The van der Waals surface area contributed by atoms with Crippen molar-refractivity contribution >= 4 is 17.5 Å². The van der Waals surface area contributed by atoms with Crippen molar-refractivity contribution in [3.63, 3.8) is 0 Å². The van der Waals surface area contributed by atoms with Crippen molar-refractivity contribution in [1.82, 2.24) is 19.3 Å². The average Bonchev–Trinajstić information content (AvgIpc) is 3.32. The Morgan fingerprint density at radius 1 is 1.42 bits per heavy atom. The van der Waals surface area contributed by atoms with Crippen molar-refractivity contribution in [2.45, 2.75) is 64.4 Å². The Kier molecular flexibility index (Phi) is 6.03. The molecule has 1 N–H and O–H groups in total. The summed E-state index contributed by atoms with van der Waals surface area (Å²) in [5.74, 6) is 0.318. The van der Waals surface area contributed by atoms with Gasteiger partial charge in [0.2, 0.25) is 0 Å². The fourth-order valence-corrected chi connectivity index (χ4v) is 4.25. The molecule has 7 nitrogen and oxygen atoms in total. The number of ether oxygens (including phenoxy) is 1. The van der Waals surface area contributed by atoms with E-state index in [2.05, 4.69) is 14.8 Å². The van der Waals surface area contributed by atoms with Crippen molar-refractivity contribution in [3.8, 4) is 0 Å². The molecule has 26 heavy (non-hydrogen) atoms. The smallest absolute Gasteiger partial charge is 0.343 e. The highest BCUT2D eigenvalue weighted by Gasteiger charge is 2.21. The number of hydrogen-bond donors (Lipinski definition) is 1. The van der Waals surface area contributed by atoms with Crippen LogP contribution >= 0.6 is 11.8 Å². The van der Waals surface area contributed by atoms with Crippen molar-refractivity contribution in [1.29, 1.82) is 0 Å². The number of aryl methyl sites for hydroxylation is 1. The molecule has 3 heterocycles. The predicted molar refractivity (Wildman–Crippen MR) is 101 cm³/mol. The molecule has 142 valence electrons. The second kappa shape index (κ2) is 8.26. The summed E-state index contributed by atoms with van der Waals surface area (Å²) in [5, 5.41) is 7.05. The molecule has 0 unspecified atom stereocenters. The average molecular weight is 378 g/mol.